The molecule has 0 radical (unpaired) electrons. The van der Waals surface area contributed by atoms with Gasteiger partial charge in [-0.15, -0.1) is 15.7 Å². The second kappa shape index (κ2) is 8.29. The number of rotatable bonds is 5. The maximum Gasteiger partial charge on any atom is 0.283 e. The molecule has 0 saturated carbocycles. The van der Waals surface area contributed by atoms with Crippen molar-refractivity contribution in [1.29, 1.82) is 0 Å². The van der Waals surface area contributed by atoms with Gasteiger partial charge in [0, 0.05) is 36.6 Å². The van der Waals surface area contributed by atoms with Gasteiger partial charge >= 0.3 is 0 Å². The van der Waals surface area contributed by atoms with E-state index in [9.17, 15) is 13.2 Å². The van der Waals surface area contributed by atoms with Crippen molar-refractivity contribution in [1.82, 2.24) is 9.88 Å². The van der Waals surface area contributed by atoms with Crippen molar-refractivity contribution in [3.63, 3.8) is 0 Å². The number of carbonyl (C=O) groups excluding carboxylic acids is 1. The van der Waals surface area contributed by atoms with Crippen LogP contribution in [0.25, 0.3) is 10.6 Å². The number of nitrogens with zero attached hydrogens (tertiary/aromatic N) is 3. The Morgan fingerprint density at radius 3 is 2.63 bits per heavy atom. The fourth-order valence-corrected chi connectivity index (χ4v) is 5.88. The summed E-state index contributed by atoms with van der Waals surface area (Å²) in [6.07, 6.45) is 1.56. The molecule has 1 fully saturated rings. The molecule has 7 nitrogen and oxygen atoms in total. The van der Waals surface area contributed by atoms with Gasteiger partial charge in [-0.25, -0.2) is 4.98 Å². The summed E-state index contributed by atoms with van der Waals surface area (Å²) in [4.78, 5) is 19.7. The van der Waals surface area contributed by atoms with E-state index in [1.165, 1.54) is 23.5 Å². The number of aryl methyl sites for hydroxylation is 1. The van der Waals surface area contributed by atoms with E-state index in [4.69, 9.17) is 0 Å². The van der Waals surface area contributed by atoms with Crippen molar-refractivity contribution in [3.05, 3.63) is 51.7 Å². The zero-order chi connectivity index (χ0) is 21.3. The Morgan fingerprint density at radius 1 is 1.23 bits per heavy atom. The molecule has 1 aliphatic rings. The summed E-state index contributed by atoms with van der Waals surface area (Å²) in [5.41, 5.74) is 2.17. The molecule has 1 aliphatic heterocycles. The first-order valence-corrected chi connectivity index (χ1v) is 12.5. The van der Waals surface area contributed by atoms with Gasteiger partial charge in [0.05, 0.1) is 10.6 Å². The zero-order valence-electron chi connectivity index (χ0n) is 16.5. The molecule has 1 aromatic carbocycles. The van der Waals surface area contributed by atoms with Crippen molar-refractivity contribution in [3.8, 4) is 10.6 Å². The molecule has 4 rings (SSSR count). The Labute approximate surface area is 183 Å². The van der Waals surface area contributed by atoms with Crippen LogP contribution in [0.15, 0.2) is 50.4 Å². The van der Waals surface area contributed by atoms with Crippen molar-refractivity contribution < 1.29 is 13.2 Å². The van der Waals surface area contributed by atoms with E-state index < -0.39 is 10.0 Å². The summed E-state index contributed by atoms with van der Waals surface area (Å²) in [5.74, 6) is 0.310. The molecule has 0 aliphatic carbocycles. The number of aromatic nitrogens is 1. The summed E-state index contributed by atoms with van der Waals surface area (Å²) in [6, 6.07) is 8.02. The minimum absolute atomic E-state index is 0.0991. The lowest BCUT2D eigenvalue weighted by atomic mass is 10.3. The van der Waals surface area contributed by atoms with Crippen LogP contribution in [-0.4, -0.2) is 43.6 Å². The number of sulfonamides is 1. The summed E-state index contributed by atoms with van der Waals surface area (Å²) in [5, 5.41) is 7.57. The van der Waals surface area contributed by atoms with Crippen LogP contribution in [0.3, 0.4) is 0 Å². The first kappa shape index (κ1) is 20.7. The summed E-state index contributed by atoms with van der Waals surface area (Å²) in [6.45, 7) is 2.61. The highest BCUT2D eigenvalue weighted by molar-refractivity contribution is 7.90. The highest BCUT2D eigenvalue weighted by Gasteiger charge is 2.21. The lowest BCUT2D eigenvalue weighted by molar-refractivity contribution is 0.103. The molecule has 0 unspecified atom stereocenters. The number of nitrogens with one attached hydrogen (secondary N) is 1. The van der Waals surface area contributed by atoms with Crippen molar-refractivity contribution >= 4 is 50.1 Å². The standard InChI is InChI=1S/C20H20N4O3S3/c1-13-18(29-20(21-13)14-9-11-28-12-14)19(25)22-15-5-7-16(8-6-15)30(26,27)23-17-4-3-10-24(17)2/h5-9,11-12H,3-4,10H2,1-2H3,(H,22,25)/b23-17-. The first-order valence-electron chi connectivity index (χ1n) is 9.30. The average Bonchev–Trinajstić information content (AvgIpc) is 3.44. The number of carbonyl (C=O) groups is 1. The van der Waals surface area contributed by atoms with Crippen LogP contribution in [0.2, 0.25) is 0 Å². The topological polar surface area (TPSA) is 91.7 Å². The number of benzene rings is 1. The number of hydrogen-bond acceptors (Lipinski definition) is 6. The lowest BCUT2D eigenvalue weighted by Crippen LogP contribution is -2.20. The normalized spacial score (nSPS) is 15.7. The van der Waals surface area contributed by atoms with Gasteiger partial charge < -0.3 is 10.2 Å². The second-order valence-electron chi connectivity index (χ2n) is 6.93. The summed E-state index contributed by atoms with van der Waals surface area (Å²) >= 11 is 2.91. The third-order valence-electron chi connectivity index (χ3n) is 4.74. The largest absolute Gasteiger partial charge is 0.362 e. The molecule has 1 N–H and O–H groups in total. The van der Waals surface area contributed by atoms with E-state index in [-0.39, 0.29) is 10.8 Å². The maximum absolute atomic E-state index is 12.7. The first-order chi connectivity index (χ1) is 14.3. The van der Waals surface area contributed by atoms with Gasteiger partial charge in [0.2, 0.25) is 0 Å². The minimum Gasteiger partial charge on any atom is -0.362 e. The number of amides is 1. The molecule has 0 atom stereocenters. The van der Waals surface area contributed by atoms with Crippen LogP contribution in [-0.2, 0) is 10.0 Å². The van der Waals surface area contributed by atoms with Gasteiger partial charge in [0.1, 0.15) is 15.7 Å². The average molecular weight is 461 g/mol. The minimum atomic E-state index is -3.78. The Hall–Kier alpha value is -2.56. The second-order valence-corrected chi connectivity index (χ2v) is 10.3. The smallest absolute Gasteiger partial charge is 0.283 e. The van der Waals surface area contributed by atoms with Crippen molar-refractivity contribution in [2.45, 2.75) is 24.7 Å². The van der Waals surface area contributed by atoms with E-state index in [2.05, 4.69) is 14.7 Å². The van der Waals surface area contributed by atoms with Crippen LogP contribution in [0, 0.1) is 6.92 Å². The van der Waals surface area contributed by atoms with Crippen LogP contribution in [0.5, 0.6) is 0 Å². The number of thiazole rings is 1. The molecule has 3 aromatic rings. The van der Waals surface area contributed by atoms with Crippen molar-refractivity contribution in [2.24, 2.45) is 4.40 Å². The molecular weight excluding hydrogens is 440 g/mol. The SMILES string of the molecule is Cc1nc(-c2ccsc2)sc1C(=O)Nc1ccc(S(=O)(=O)/N=C2/CCCN2C)cc1. The monoisotopic (exact) mass is 460 g/mol. The number of likely N-dealkylation sites (tertiary alicyclic amines) is 1. The van der Waals surface area contributed by atoms with Gasteiger partial charge in [0.25, 0.3) is 15.9 Å². The number of anilines is 1. The Balaban J connectivity index is 1.49. The third kappa shape index (κ3) is 4.30. The van der Waals surface area contributed by atoms with Gasteiger partial charge in [-0.2, -0.15) is 19.8 Å². The Bertz CT molecular complexity index is 1200. The fourth-order valence-electron chi connectivity index (χ4n) is 3.12. The van der Waals surface area contributed by atoms with Crippen LogP contribution < -0.4 is 5.32 Å². The predicted octanol–water partition coefficient (Wildman–Crippen LogP) is 4.25. The van der Waals surface area contributed by atoms with E-state index in [1.54, 1.807) is 30.4 Å². The molecule has 2 aromatic heterocycles. The number of hydrogen-bond donors (Lipinski definition) is 1. The maximum atomic E-state index is 12.7. The number of thiophene rings is 1. The third-order valence-corrected chi connectivity index (χ3v) is 7.95. The van der Waals surface area contributed by atoms with E-state index in [0.29, 0.717) is 28.5 Å². The highest BCUT2D eigenvalue weighted by Crippen LogP contribution is 2.30. The lowest BCUT2D eigenvalue weighted by Gasteiger charge is -2.11. The quantitative estimate of drug-likeness (QED) is 0.615. The van der Waals surface area contributed by atoms with Gasteiger partial charge in [-0.1, -0.05) is 0 Å². The highest BCUT2D eigenvalue weighted by atomic mass is 32.2. The predicted molar refractivity (Wildman–Crippen MR) is 121 cm³/mol. The summed E-state index contributed by atoms with van der Waals surface area (Å²) in [7, 11) is -1.94. The molecule has 1 saturated heterocycles. The van der Waals surface area contributed by atoms with Gasteiger partial charge in [-0.05, 0) is 49.1 Å². The van der Waals surface area contributed by atoms with E-state index in [1.807, 2.05) is 28.8 Å². The molecule has 156 valence electrons. The molecule has 0 bridgehead atoms. The molecule has 1 amide bonds. The fraction of sp³-hybridized carbons (Fsp3) is 0.250. The summed E-state index contributed by atoms with van der Waals surface area (Å²) < 4.78 is 29.0. The Kier molecular flexibility index (Phi) is 5.72. The molecule has 3 heterocycles. The zero-order valence-corrected chi connectivity index (χ0v) is 18.9. The van der Waals surface area contributed by atoms with Crippen LogP contribution in [0.4, 0.5) is 5.69 Å². The molecular formula is C20H20N4O3S3. The molecule has 0 spiro atoms. The van der Waals surface area contributed by atoms with Gasteiger partial charge in [0.15, 0.2) is 0 Å². The van der Waals surface area contributed by atoms with E-state index >= 15 is 0 Å². The Morgan fingerprint density at radius 2 is 2.00 bits per heavy atom. The number of amidine groups is 1. The van der Waals surface area contributed by atoms with Gasteiger partial charge in [-0.3, -0.25) is 4.79 Å². The van der Waals surface area contributed by atoms with Crippen molar-refractivity contribution in [2.75, 3.05) is 18.9 Å². The van der Waals surface area contributed by atoms with Crippen LogP contribution in [0.1, 0.15) is 28.2 Å². The molecule has 10 heteroatoms. The van der Waals surface area contributed by atoms with Crippen LogP contribution >= 0.6 is 22.7 Å². The molecule has 30 heavy (non-hydrogen) atoms. The van der Waals surface area contributed by atoms with E-state index in [0.717, 1.165) is 23.5 Å².